The van der Waals surface area contributed by atoms with Crippen LogP contribution in [0.25, 0.3) is 0 Å². The average molecular weight is 218 g/mol. The van der Waals surface area contributed by atoms with Crippen LogP contribution in [0.3, 0.4) is 0 Å². The van der Waals surface area contributed by atoms with E-state index in [4.69, 9.17) is 0 Å². The summed E-state index contributed by atoms with van der Waals surface area (Å²) in [7, 11) is 3.57. The number of thioether (sulfide) groups is 1. The highest BCUT2D eigenvalue weighted by Gasteiger charge is 2.13. The fourth-order valence-electron chi connectivity index (χ4n) is 1.10. The molecule has 0 aliphatic rings. The molecule has 0 bridgehead atoms. The Hall–Kier alpha value is -0.220. The molecule has 14 heavy (non-hydrogen) atoms. The fraction of sp³-hybridized carbons (Fsp3) is 0.900. The van der Waals surface area contributed by atoms with E-state index in [1.54, 1.807) is 19.0 Å². The molecule has 0 fully saturated rings. The van der Waals surface area contributed by atoms with Gasteiger partial charge in [-0.15, -0.1) is 0 Å². The van der Waals surface area contributed by atoms with E-state index in [-0.39, 0.29) is 11.9 Å². The number of hydrogen-bond acceptors (Lipinski definition) is 3. The molecule has 1 N–H and O–H groups in total. The van der Waals surface area contributed by atoms with E-state index in [9.17, 15) is 4.79 Å². The summed E-state index contributed by atoms with van der Waals surface area (Å²) in [5.41, 5.74) is 0. The van der Waals surface area contributed by atoms with Gasteiger partial charge in [-0.1, -0.05) is 6.92 Å². The van der Waals surface area contributed by atoms with Gasteiger partial charge in [0.05, 0.1) is 6.04 Å². The minimum absolute atomic E-state index is 0.0703. The van der Waals surface area contributed by atoms with Gasteiger partial charge in [0, 0.05) is 19.3 Å². The van der Waals surface area contributed by atoms with E-state index >= 15 is 0 Å². The van der Waals surface area contributed by atoms with Crippen molar-refractivity contribution in [2.24, 2.45) is 0 Å². The van der Waals surface area contributed by atoms with Gasteiger partial charge in [0.2, 0.25) is 5.91 Å². The number of nitrogens with one attached hydrogen (secondary N) is 1. The second-order valence-corrected chi connectivity index (χ2v) is 5.02. The van der Waals surface area contributed by atoms with Crippen molar-refractivity contribution in [3.8, 4) is 0 Å². The lowest BCUT2D eigenvalue weighted by Crippen LogP contribution is -2.42. The van der Waals surface area contributed by atoms with Crippen molar-refractivity contribution in [3.63, 3.8) is 0 Å². The van der Waals surface area contributed by atoms with E-state index in [1.807, 2.05) is 18.7 Å². The first-order valence-corrected chi connectivity index (χ1v) is 6.25. The summed E-state index contributed by atoms with van der Waals surface area (Å²) in [6.07, 6.45) is 3.21. The zero-order chi connectivity index (χ0) is 11.1. The maximum Gasteiger partial charge on any atom is 0.238 e. The molecule has 0 heterocycles. The van der Waals surface area contributed by atoms with Crippen LogP contribution in [0.1, 0.15) is 20.3 Å². The molecule has 4 heteroatoms. The van der Waals surface area contributed by atoms with Gasteiger partial charge in [0.15, 0.2) is 0 Å². The number of carbonyl (C=O) groups excluding carboxylic acids is 1. The highest BCUT2D eigenvalue weighted by Crippen LogP contribution is 2.08. The summed E-state index contributed by atoms with van der Waals surface area (Å²) in [6, 6.07) is -0.0703. The molecular formula is C10H22N2OS. The van der Waals surface area contributed by atoms with E-state index in [2.05, 4.69) is 18.5 Å². The molecule has 0 spiro atoms. The number of hydrogen-bond donors (Lipinski definition) is 1. The molecule has 0 aromatic carbocycles. The standard InChI is InChI=1S/C10H22N2OS/c1-8(14-5)6-7-11-9(2)10(13)12(3)4/h8-9,11H,6-7H2,1-5H3. The van der Waals surface area contributed by atoms with Gasteiger partial charge in [0.1, 0.15) is 0 Å². The van der Waals surface area contributed by atoms with Crippen LogP contribution in [0, 0.1) is 0 Å². The Morgan fingerprint density at radius 2 is 2.00 bits per heavy atom. The largest absolute Gasteiger partial charge is 0.347 e. The molecule has 0 radical (unpaired) electrons. The molecule has 0 saturated heterocycles. The third kappa shape index (κ3) is 5.50. The number of likely N-dealkylation sites (N-methyl/N-ethyl adjacent to an activating group) is 1. The molecule has 0 aliphatic carbocycles. The Bertz CT molecular complexity index is 174. The third-order valence-electron chi connectivity index (χ3n) is 2.21. The van der Waals surface area contributed by atoms with Crippen molar-refractivity contribution >= 4 is 17.7 Å². The normalized spacial score (nSPS) is 14.9. The van der Waals surface area contributed by atoms with Crippen LogP contribution >= 0.6 is 11.8 Å². The third-order valence-corrected chi connectivity index (χ3v) is 3.26. The lowest BCUT2D eigenvalue weighted by molar-refractivity contribution is -0.130. The molecule has 2 atom stereocenters. The average Bonchev–Trinajstić information content (AvgIpc) is 2.15. The molecule has 0 aromatic heterocycles. The predicted molar refractivity (Wildman–Crippen MR) is 63.8 cm³/mol. The van der Waals surface area contributed by atoms with Gasteiger partial charge < -0.3 is 10.2 Å². The van der Waals surface area contributed by atoms with E-state index in [0.29, 0.717) is 5.25 Å². The molecule has 3 nitrogen and oxygen atoms in total. The van der Waals surface area contributed by atoms with Gasteiger partial charge in [-0.3, -0.25) is 4.79 Å². The first kappa shape index (κ1) is 13.8. The topological polar surface area (TPSA) is 32.3 Å². The lowest BCUT2D eigenvalue weighted by atomic mass is 10.2. The van der Waals surface area contributed by atoms with Gasteiger partial charge in [-0.05, 0) is 26.1 Å². The molecule has 0 saturated carbocycles. The summed E-state index contributed by atoms with van der Waals surface area (Å²) < 4.78 is 0. The van der Waals surface area contributed by atoms with Crippen molar-refractivity contribution in [1.82, 2.24) is 10.2 Å². The lowest BCUT2D eigenvalue weighted by Gasteiger charge is -2.18. The highest BCUT2D eigenvalue weighted by atomic mass is 32.2. The summed E-state index contributed by atoms with van der Waals surface area (Å²) >= 11 is 1.86. The van der Waals surface area contributed by atoms with Crippen molar-refractivity contribution in [3.05, 3.63) is 0 Å². The number of rotatable bonds is 6. The summed E-state index contributed by atoms with van der Waals surface area (Å²) in [5.74, 6) is 0.141. The Balaban J connectivity index is 3.63. The number of carbonyl (C=O) groups is 1. The van der Waals surface area contributed by atoms with Crippen LogP contribution < -0.4 is 5.32 Å². The van der Waals surface area contributed by atoms with Crippen LogP contribution in [0.4, 0.5) is 0 Å². The van der Waals surface area contributed by atoms with Crippen LogP contribution in [0.15, 0.2) is 0 Å². The number of amides is 1. The zero-order valence-electron chi connectivity index (χ0n) is 9.83. The molecule has 0 aliphatic heterocycles. The minimum Gasteiger partial charge on any atom is -0.347 e. The zero-order valence-corrected chi connectivity index (χ0v) is 10.6. The summed E-state index contributed by atoms with van der Waals surface area (Å²) in [6.45, 7) is 5.01. The van der Waals surface area contributed by atoms with E-state index in [1.165, 1.54) is 0 Å². The first-order chi connectivity index (χ1) is 6.49. The van der Waals surface area contributed by atoms with Crippen LogP contribution in [-0.2, 0) is 4.79 Å². The van der Waals surface area contributed by atoms with E-state index in [0.717, 1.165) is 13.0 Å². The Morgan fingerprint density at radius 3 is 2.43 bits per heavy atom. The Kier molecular flexibility index (Phi) is 7.01. The quantitative estimate of drug-likeness (QED) is 0.727. The predicted octanol–water partition coefficient (Wildman–Crippen LogP) is 1.19. The van der Waals surface area contributed by atoms with Gasteiger partial charge in [-0.25, -0.2) is 0 Å². The summed E-state index contributed by atoms with van der Waals surface area (Å²) in [5, 5.41) is 3.88. The van der Waals surface area contributed by atoms with Gasteiger partial charge in [0.25, 0.3) is 0 Å². The van der Waals surface area contributed by atoms with E-state index < -0.39 is 0 Å². The van der Waals surface area contributed by atoms with Crippen molar-refractivity contribution in [1.29, 1.82) is 0 Å². The maximum atomic E-state index is 11.4. The smallest absolute Gasteiger partial charge is 0.238 e. The SMILES string of the molecule is CSC(C)CCNC(C)C(=O)N(C)C. The fourth-order valence-corrected chi connectivity index (χ4v) is 1.45. The molecule has 0 rings (SSSR count). The maximum absolute atomic E-state index is 11.4. The first-order valence-electron chi connectivity index (χ1n) is 4.96. The molecule has 84 valence electrons. The summed E-state index contributed by atoms with van der Waals surface area (Å²) in [4.78, 5) is 13.1. The van der Waals surface area contributed by atoms with Crippen molar-refractivity contribution in [2.45, 2.75) is 31.6 Å². The molecule has 0 aromatic rings. The van der Waals surface area contributed by atoms with Gasteiger partial charge >= 0.3 is 0 Å². The van der Waals surface area contributed by atoms with Crippen molar-refractivity contribution in [2.75, 3.05) is 26.9 Å². The molecular weight excluding hydrogens is 196 g/mol. The van der Waals surface area contributed by atoms with Crippen LogP contribution in [0.5, 0.6) is 0 Å². The second-order valence-electron chi connectivity index (χ2n) is 3.74. The molecule has 2 unspecified atom stereocenters. The second kappa shape index (κ2) is 7.12. The monoisotopic (exact) mass is 218 g/mol. The van der Waals surface area contributed by atoms with Crippen molar-refractivity contribution < 1.29 is 4.79 Å². The Labute approximate surface area is 91.6 Å². The van der Waals surface area contributed by atoms with Gasteiger partial charge in [-0.2, -0.15) is 11.8 Å². The number of nitrogens with zero attached hydrogens (tertiary/aromatic N) is 1. The van der Waals surface area contributed by atoms with Crippen LogP contribution in [-0.4, -0.2) is 49.0 Å². The van der Waals surface area contributed by atoms with Crippen LogP contribution in [0.2, 0.25) is 0 Å². The minimum atomic E-state index is -0.0703. The Morgan fingerprint density at radius 1 is 1.43 bits per heavy atom. The highest BCUT2D eigenvalue weighted by molar-refractivity contribution is 7.99. The molecule has 1 amide bonds.